The molecular formula is C13H13BrO2S. The standard InChI is InChI=1S/C13H13BrO2S/c1-8-5-10(7-17-8)13(15)9-3-4-12(16-2)11(14)6-9/h3-7,13,15H,1-2H3. The Kier molecular flexibility index (Phi) is 3.86. The normalized spacial score (nSPS) is 12.5. The van der Waals surface area contributed by atoms with Crippen LogP contribution >= 0.6 is 27.3 Å². The predicted molar refractivity (Wildman–Crippen MR) is 73.8 cm³/mol. The zero-order valence-corrected chi connectivity index (χ0v) is 12.0. The fraction of sp³-hybridized carbons (Fsp3) is 0.231. The first-order valence-electron chi connectivity index (χ1n) is 5.18. The highest BCUT2D eigenvalue weighted by atomic mass is 79.9. The molecule has 2 aromatic rings. The van der Waals surface area contributed by atoms with E-state index in [4.69, 9.17) is 4.74 Å². The Morgan fingerprint density at radius 2 is 2.06 bits per heavy atom. The van der Waals surface area contributed by atoms with Gasteiger partial charge in [0.15, 0.2) is 0 Å². The number of methoxy groups -OCH3 is 1. The van der Waals surface area contributed by atoms with Crippen LogP contribution in [-0.4, -0.2) is 12.2 Å². The van der Waals surface area contributed by atoms with Crippen LogP contribution in [0.5, 0.6) is 5.75 Å². The Bertz CT molecular complexity index is 522. The van der Waals surface area contributed by atoms with Crippen LogP contribution in [0.4, 0.5) is 0 Å². The summed E-state index contributed by atoms with van der Waals surface area (Å²) in [5.74, 6) is 0.766. The zero-order valence-electron chi connectivity index (χ0n) is 9.61. The molecule has 2 rings (SSSR count). The van der Waals surface area contributed by atoms with E-state index in [1.54, 1.807) is 18.4 Å². The summed E-state index contributed by atoms with van der Waals surface area (Å²) in [5.41, 5.74) is 1.79. The molecule has 0 aliphatic carbocycles. The number of benzene rings is 1. The minimum absolute atomic E-state index is 0.581. The monoisotopic (exact) mass is 312 g/mol. The van der Waals surface area contributed by atoms with Gasteiger partial charge in [0.1, 0.15) is 11.9 Å². The first kappa shape index (κ1) is 12.6. The van der Waals surface area contributed by atoms with Crippen LogP contribution in [0.3, 0.4) is 0 Å². The summed E-state index contributed by atoms with van der Waals surface area (Å²) < 4.78 is 6.01. The Morgan fingerprint density at radius 1 is 1.29 bits per heavy atom. The van der Waals surface area contributed by atoms with Crippen LogP contribution in [0, 0.1) is 6.92 Å². The number of halogens is 1. The summed E-state index contributed by atoms with van der Waals surface area (Å²) in [6, 6.07) is 7.62. The Hall–Kier alpha value is -0.840. The molecule has 0 amide bonds. The largest absolute Gasteiger partial charge is 0.496 e. The molecule has 0 saturated carbocycles. The van der Waals surface area contributed by atoms with E-state index in [9.17, 15) is 5.11 Å². The second-order valence-corrected chi connectivity index (χ2v) is 5.76. The van der Waals surface area contributed by atoms with Crippen molar-refractivity contribution in [1.82, 2.24) is 0 Å². The minimum Gasteiger partial charge on any atom is -0.496 e. The number of aliphatic hydroxyl groups excluding tert-OH is 1. The molecule has 17 heavy (non-hydrogen) atoms. The number of rotatable bonds is 3. The van der Waals surface area contributed by atoms with Crippen LogP contribution < -0.4 is 4.74 Å². The molecule has 1 aromatic carbocycles. The number of thiophene rings is 1. The lowest BCUT2D eigenvalue weighted by atomic mass is 10.0. The van der Waals surface area contributed by atoms with E-state index in [-0.39, 0.29) is 0 Å². The van der Waals surface area contributed by atoms with Crippen molar-refractivity contribution in [1.29, 1.82) is 0 Å². The van der Waals surface area contributed by atoms with Crippen molar-refractivity contribution in [3.05, 3.63) is 50.1 Å². The van der Waals surface area contributed by atoms with Crippen molar-refractivity contribution in [3.8, 4) is 5.75 Å². The van der Waals surface area contributed by atoms with Gasteiger partial charge in [0.2, 0.25) is 0 Å². The maximum absolute atomic E-state index is 10.2. The lowest BCUT2D eigenvalue weighted by Gasteiger charge is -2.11. The second-order valence-electron chi connectivity index (χ2n) is 3.79. The molecule has 1 atom stereocenters. The predicted octanol–water partition coefficient (Wildman–Crippen LogP) is 3.91. The number of hydrogen-bond acceptors (Lipinski definition) is 3. The van der Waals surface area contributed by atoms with Gasteiger partial charge in [-0.1, -0.05) is 6.07 Å². The van der Waals surface area contributed by atoms with Gasteiger partial charge in [-0.3, -0.25) is 0 Å². The minimum atomic E-state index is -0.581. The van der Waals surface area contributed by atoms with Gasteiger partial charge in [-0.15, -0.1) is 11.3 Å². The molecular weight excluding hydrogens is 300 g/mol. The van der Waals surface area contributed by atoms with Gasteiger partial charge in [-0.25, -0.2) is 0 Å². The van der Waals surface area contributed by atoms with Crippen LogP contribution in [0.2, 0.25) is 0 Å². The molecule has 0 fully saturated rings. The third kappa shape index (κ3) is 2.70. The fourth-order valence-electron chi connectivity index (χ4n) is 1.65. The summed E-state index contributed by atoms with van der Waals surface area (Å²) in [6.45, 7) is 2.03. The summed E-state index contributed by atoms with van der Waals surface area (Å²) in [6.07, 6.45) is -0.581. The molecule has 0 aliphatic heterocycles. The highest BCUT2D eigenvalue weighted by Gasteiger charge is 2.13. The number of aliphatic hydroxyl groups is 1. The maximum Gasteiger partial charge on any atom is 0.133 e. The SMILES string of the molecule is COc1ccc(C(O)c2csc(C)c2)cc1Br. The molecule has 1 heterocycles. The van der Waals surface area contributed by atoms with Gasteiger partial charge in [0.05, 0.1) is 11.6 Å². The zero-order chi connectivity index (χ0) is 12.4. The fourth-order valence-corrected chi connectivity index (χ4v) is 2.93. The average Bonchev–Trinajstić information content (AvgIpc) is 2.75. The van der Waals surface area contributed by atoms with Crippen molar-refractivity contribution >= 4 is 27.3 Å². The van der Waals surface area contributed by atoms with Crippen molar-refractivity contribution in [2.45, 2.75) is 13.0 Å². The van der Waals surface area contributed by atoms with E-state index >= 15 is 0 Å². The lowest BCUT2D eigenvalue weighted by molar-refractivity contribution is 0.220. The van der Waals surface area contributed by atoms with Crippen LogP contribution in [0.25, 0.3) is 0 Å². The van der Waals surface area contributed by atoms with Crippen LogP contribution in [0.15, 0.2) is 34.1 Å². The van der Waals surface area contributed by atoms with Gasteiger partial charge in [-0.05, 0) is 57.6 Å². The molecule has 1 aromatic heterocycles. The Balaban J connectivity index is 2.31. The molecule has 1 N–H and O–H groups in total. The highest BCUT2D eigenvalue weighted by molar-refractivity contribution is 9.10. The van der Waals surface area contributed by atoms with Gasteiger partial charge >= 0.3 is 0 Å². The summed E-state index contributed by atoms with van der Waals surface area (Å²) >= 11 is 5.06. The van der Waals surface area contributed by atoms with Crippen molar-refractivity contribution in [3.63, 3.8) is 0 Å². The quantitative estimate of drug-likeness (QED) is 0.931. The summed E-state index contributed by atoms with van der Waals surface area (Å²) in [7, 11) is 1.62. The molecule has 90 valence electrons. The first-order valence-corrected chi connectivity index (χ1v) is 6.85. The molecule has 0 spiro atoms. The van der Waals surface area contributed by atoms with E-state index in [0.29, 0.717) is 0 Å². The van der Waals surface area contributed by atoms with Gasteiger partial charge in [-0.2, -0.15) is 0 Å². The van der Waals surface area contributed by atoms with Crippen molar-refractivity contribution in [2.75, 3.05) is 7.11 Å². The van der Waals surface area contributed by atoms with E-state index in [1.807, 2.05) is 36.6 Å². The molecule has 0 aliphatic rings. The molecule has 1 unspecified atom stereocenters. The average molecular weight is 313 g/mol. The number of ether oxygens (including phenoxy) is 1. The molecule has 4 heteroatoms. The summed E-state index contributed by atoms with van der Waals surface area (Å²) in [4.78, 5) is 1.20. The number of aryl methyl sites for hydroxylation is 1. The Labute approximate surface area is 113 Å². The van der Waals surface area contributed by atoms with E-state index < -0.39 is 6.10 Å². The molecule has 0 bridgehead atoms. The molecule has 2 nitrogen and oxygen atoms in total. The number of hydrogen-bond donors (Lipinski definition) is 1. The smallest absolute Gasteiger partial charge is 0.133 e. The third-order valence-electron chi connectivity index (χ3n) is 2.56. The molecule has 0 saturated heterocycles. The first-order chi connectivity index (χ1) is 8.11. The van der Waals surface area contributed by atoms with Gasteiger partial charge in [0, 0.05) is 4.88 Å². The van der Waals surface area contributed by atoms with Crippen molar-refractivity contribution < 1.29 is 9.84 Å². The topological polar surface area (TPSA) is 29.5 Å². The second kappa shape index (κ2) is 5.21. The summed E-state index contributed by atoms with van der Waals surface area (Å²) in [5, 5.41) is 12.2. The van der Waals surface area contributed by atoms with Gasteiger partial charge < -0.3 is 9.84 Å². The highest BCUT2D eigenvalue weighted by Crippen LogP contribution is 2.31. The Morgan fingerprint density at radius 3 is 2.59 bits per heavy atom. The van der Waals surface area contributed by atoms with Crippen molar-refractivity contribution in [2.24, 2.45) is 0 Å². The lowest BCUT2D eigenvalue weighted by Crippen LogP contribution is -1.98. The third-order valence-corrected chi connectivity index (χ3v) is 4.06. The van der Waals surface area contributed by atoms with Crippen LogP contribution in [0.1, 0.15) is 22.1 Å². The van der Waals surface area contributed by atoms with Crippen LogP contribution in [-0.2, 0) is 0 Å². The van der Waals surface area contributed by atoms with Gasteiger partial charge in [0.25, 0.3) is 0 Å². The molecule has 0 radical (unpaired) electrons. The van der Waals surface area contributed by atoms with E-state index in [0.717, 1.165) is 21.3 Å². The van der Waals surface area contributed by atoms with E-state index in [2.05, 4.69) is 15.9 Å². The van der Waals surface area contributed by atoms with E-state index in [1.165, 1.54) is 4.88 Å². The maximum atomic E-state index is 10.2.